The first kappa shape index (κ1) is 22.3. The molecule has 2 heterocycles. The van der Waals surface area contributed by atoms with Crippen molar-refractivity contribution in [3.63, 3.8) is 0 Å². The molecule has 1 amide bonds. The number of para-hydroxylation sites is 1. The highest BCUT2D eigenvalue weighted by Gasteiger charge is 2.26. The van der Waals surface area contributed by atoms with Gasteiger partial charge in [-0.3, -0.25) is 4.79 Å². The van der Waals surface area contributed by atoms with E-state index in [9.17, 15) is 4.79 Å². The lowest BCUT2D eigenvalue weighted by molar-refractivity contribution is -0.117. The fourth-order valence-corrected chi connectivity index (χ4v) is 4.53. The Bertz CT molecular complexity index is 915. The molecule has 0 aliphatic carbocycles. The second-order valence-electron chi connectivity index (χ2n) is 8.55. The number of carbonyl (C=O) groups is 1. The number of benzene rings is 2. The maximum Gasteiger partial charge on any atom is 0.248 e. The smallest absolute Gasteiger partial charge is 0.248 e. The van der Waals surface area contributed by atoms with Gasteiger partial charge in [0, 0.05) is 37.8 Å². The molecule has 1 atom stereocenters. The number of anilines is 1. The number of hydrogen-bond donors (Lipinski definition) is 1. The summed E-state index contributed by atoms with van der Waals surface area (Å²) in [6, 6.07) is 18.5. The van der Waals surface area contributed by atoms with Gasteiger partial charge in [0.2, 0.25) is 5.91 Å². The molecule has 1 unspecified atom stereocenters. The van der Waals surface area contributed by atoms with Crippen molar-refractivity contribution in [2.24, 2.45) is 10.9 Å². The number of likely N-dealkylation sites (tertiary alicyclic amines) is 1. The Labute approximate surface area is 191 Å². The van der Waals surface area contributed by atoms with Gasteiger partial charge in [0.15, 0.2) is 5.96 Å². The molecule has 2 aromatic rings. The molecule has 1 N–H and O–H groups in total. The van der Waals surface area contributed by atoms with E-state index in [4.69, 9.17) is 9.73 Å². The van der Waals surface area contributed by atoms with Crippen molar-refractivity contribution < 1.29 is 9.53 Å². The molecular formula is C26H34N4O2. The average molecular weight is 435 g/mol. The van der Waals surface area contributed by atoms with Crippen LogP contribution in [0.2, 0.25) is 0 Å². The standard InChI is InChI=1S/C26H34N4O2/c1-2-27-26(28-17-25(31)30-15-8-12-23-11-6-7-13-24(23)30)29-16-14-22(18-29)20-32-19-21-9-4-3-5-10-21/h3-7,9-11,13,22H,2,8,12,14-20H2,1H3,(H,27,28). The van der Waals surface area contributed by atoms with E-state index < -0.39 is 0 Å². The summed E-state index contributed by atoms with van der Waals surface area (Å²) in [5.41, 5.74) is 3.50. The lowest BCUT2D eigenvalue weighted by Gasteiger charge is -2.29. The minimum atomic E-state index is 0.0643. The molecule has 1 saturated heterocycles. The van der Waals surface area contributed by atoms with E-state index in [-0.39, 0.29) is 12.5 Å². The molecule has 6 heteroatoms. The van der Waals surface area contributed by atoms with E-state index in [1.165, 1.54) is 11.1 Å². The fraction of sp³-hybridized carbons (Fsp3) is 0.462. The summed E-state index contributed by atoms with van der Waals surface area (Å²) in [7, 11) is 0. The van der Waals surface area contributed by atoms with Crippen LogP contribution in [0.4, 0.5) is 5.69 Å². The Balaban J connectivity index is 1.31. The second kappa shape index (κ2) is 11.1. The van der Waals surface area contributed by atoms with Crippen molar-refractivity contribution in [1.82, 2.24) is 10.2 Å². The first-order chi connectivity index (χ1) is 15.7. The number of nitrogens with zero attached hydrogens (tertiary/aromatic N) is 3. The summed E-state index contributed by atoms with van der Waals surface area (Å²) in [6.07, 6.45) is 3.11. The summed E-state index contributed by atoms with van der Waals surface area (Å²) in [4.78, 5) is 21.8. The number of amides is 1. The van der Waals surface area contributed by atoms with Crippen molar-refractivity contribution in [1.29, 1.82) is 0 Å². The Kier molecular flexibility index (Phi) is 7.77. The van der Waals surface area contributed by atoms with Gasteiger partial charge >= 0.3 is 0 Å². The third-order valence-electron chi connectivity index (χ3n) is 6.16. The third-order valence-corrected chi connectivity index (χ3v) is 6.16. The molecule has 170 valence electrons. The van der Waals surface area contributed by atoms with Crippen LogP contribution in [0.5, 0.6) is 0 Å². The lowest BCUT2D eigenvalue weighted by Crippen LogP contribution is -2.42. The van der Waals surface area contributed by atoms with Crippen LogP contribution in [-0.4, -0.2) is 56.1 Å². The zero-order chi connectivity index (χ0) is 22.2. The van der Waals surface area contributed by atoms with Crippen LogP contribution in [0, 0.1) is 5.92 Å². The molecule has 32 heavy (non-hydrogen) atoms. The van der Waals surface area contributed by atoms with Crippen LogP contribution < -0.4 is 10.2 Å². The largest absolute Gasteiger partial charge is 0.376 e. The highest BCUT2D eigenvalue weighted by atomic mass is 16.5. The maximum atomic E-state index is 13.0. The summed E-state index contributed by atoms with van der Waals surface area (Å²) >= 11 is 0. The maximum absolute atomic E-state index is 13.0. The van der Waals surface area contributed by atoms with Crippen LogP contribution in [-0.2, 0) is 22.6 Å². The summed E-state index contributed by atoms with van der Waals surface area (Å²) in [5, 5.41) is 3.37. The molecular weight excluding hydrogens is 400 g/mol. The summed E-state index contributed by atoms with van der Waals surface area (Å²) < 4.78 is 5.95. The minimum Gasteiger partial charge on any atom is -0.376 e. The number of carbonyl (C=O) groups excluding carboxylic acids is 1. The molecule has 2 aromatic carbocycles. The lowest BCUT2D eigenvalue weighted by atomic mass is 10.0. The van der Waals surface area contributed by atoms with Crippen molar-refractivity contribution in [3.8, 4) is 0 Å². The van der Waals surface area contributed by atoms with Crippen molar-refractivity contribution >= 4 is 17.6 Å². The Morgan fingerprint density at radius 2 is 1.94 bits per heavy atom. The van der Waals surface area contributed by atoms with Gasteiger partial charge in [-0.15, -0.1) is 0 Å². The van der Waals surface area contributed by atoms with Gasteiger partial charge in [-0.2, -0.15) is 0 Å². The van der Waals surface area contributed by atoms with E-state index in [2.05, 4.69) is 35.3 Å². The van der Waals surface area contributed by atoms with Crippen LogP contribution in [0.1, 0.15) is 30.9 Å². The van der Waals surface area contributed by atoms with Crippen molar-refractivity contribution in [3.05, 3.63) is 65.7 Å². The van der Waals surface area contributed by atoms with E-state index in [0.29, 0.717) is 12.5 Å². The first-order valence-electron chi connectivity index (χ1n) is 11.8. The molecule has 0 saturated carbocycles. The van der Waals surface area contributed by atoms with Gasteiger partial charge in [0.25, 0.3) is 0 Å². The van der Waals surface area contributed by atoms with Gasteiger partial charge < -0.3 is 19.9 Å². The van der Waals surface area contributed by atoms with Gasteiger partial charge in [-0.25, -0.2) is 4.99 Å². The number of rotatable bonds is 7. The molecule has 0 radical (unpaired) electrons. The first-order valence-corrected chi connectivity index (χ1v) is 11.8. The zero-order valence-electron chi connectivity index (χ0n) is 19.0. The van der Waals surface area contributed by atoms with Crippen molar-refractivity contribution in [2.45, 2.75) is 32.8 Å². The van der Waals surface area contributed by atoms with Crippen LogP contribution >= 0.6 is 0 Å². The number of hydrogen-bond acceptors (Lipinski definition) is 3. The monoisotopic (exact) mass is 434 g/mol. The molecule has 1 fully saturated rings. The van der Waals surface area contributed by atoms with Gasteiger partial charge in [0.1, 0.15) is 6.54 Å². The molecule has 6 nitrogen and oxygen atoms in total. The zero-order valence-corrected chi connectivity index (χ0v) is 19.0. The van der Waals surface area contributed by atoms with E-state index in [1.807, 2.05) is 41.3 Å². The summed E-state index contributed by atoms with van der Waals surface area (Å²) in [5.74, 6) is 1.37. The third kappa shape index (κ3) is 5.68. The van der Waals surface area contributed by atoms with Crippen molar-refractivity contribution in [2.75, 3.05) is 44.2 Å². The Morgan fingerprint density at radius 3 is 2.78 bits per heavy atom. The highest BCUT2D eigenvalue weighted by Crippen LogP contribution is 2.26. The Morgan fingerprint density at radius 1 is 1.12 bits per heavy atom. The molecule has 4 rings (SSSR count). The van der Waals surface area contributed by atoms with E-state index in [1.54, 1.807) is 0 Å². The van der Waals surface area contributed by atoms with Gasteiger partial charge in [-0.05, 0) is 43.4 Å². The number of guanidine groups is 1. The number of ether oxygens (including phenoxy) is 1. The minimum absolute atomic E-state index is 0.0643. The average Bonchev–Trinajstić information content (AvgIpc) is 3.30. The van der Waals surface area contributed by atoms with Gasteiger partial charge in [0.05, 0.1) is 13.2 Å². The highest BCUT2D eigenvalue weighted by molar-refractivity contribution is 5.97. The fourth-order valence-electron chi connectivity index (χ4n) is 4.53. The molecule has 0 bridgehead atoms. The second-order valence-corrected chi connectivity index (χ2v) is 8.55. The molecule has 2 aliphatic heterocycles. The van der Waals surface area contributed by atoms with Crippen LogP contribution in [0.25, 0.3) is 0 Å². The predicted molar refractivity (Wildman–Crippen MR) is 129 cm³/mol. The van der Waals surface area contributed by atoms with Crippen LogP contribution in [0.15, 0.2) is 59.6 Å². The number of fused-ring (bicyclic) bond motifs is 1. The summed E-state index contributed by atoms with van der Waals surface area (Å²) in [6.45, 7) is 7.02. The molecule has 2 aliphatic rings. The number of aliphatic imine (C=N–C) groups is 1. The quantitative estimate of drug-likeness (QED) is 0.536. The van der Waals surface area contributed by atoms with Crippen LogP contribution in [0.3, 0.4) is 0 Å². The Hall–Kier alpha value is -2.86. The van der Waals surface area contributed by atoms with E-state index >= 15 is 0 Å². The SMILES string of the molecule is CCNC(=NCC(=O)N1CCCc2ccccc21)N1CCC(COCc2ccccc2)C1. The molecule has 0 aromatic heterocycles. The normalized spacial score (nSPS) is 18.5. The number of aryl methyl sites for hydroxylation is 1. The van der Waals surface area contributed by atoms with E-state index in [0.717, 1.165) is 63.7 Å². The number of nitrogens with one attached hydrogen (secondary N) is 1. The topological polar surface area (TPSA) is 57.2 Å². The molecule has 0 spiro atoms. The van der Waals surface area contributed by atoms with Gasteiger partial charge in [-0.1, -0.05) is 48.5 Å². The predicted octanol–water partition coefficient (Wildman–Crippen LogP) is 3.47.